The topological polar surface area (TPSA) is 161 Å². The van der Waals surface area contributed by atoms with Crippen molar-refractivity contribution < 1.29 is 34.1 Å². The molecule has 1 aromatic carbocycles. The van der Waals surface area contributed by atoms with Crippen molar-refractivity contribution >= 4 is 35.0 Å². The number of nitrogens with one attached hydrogen (secondary N) is 2. The van der Waals surface area contributed by atoms with Crippen LogP contribution in [0.25, 0.3) is 0 Å². The molecule has 0 bridgehead atoms. The molecule has 7 atom stereocenters. The SMILES string of the molecule is CCCO[C@H](CC(C(C)C)N(CCC)C(=O)[C@@H](NC(=O)[C@H]1CCCCN1C)[C@@H](C)CC)c1nc(C(=O)N[C@H]2Cc3ccc(O)cc3[C@H](C(=O)O)C2)cs1. The fraction of sp³-hybridized carbons (Fsp3) is 0.675. The molecule has 2 aromatic rings. The summed E-state index contributed by atoms with van der Waals surface area (Å²) in [5, 5.41) is 28.4. The number of phenols is 1. The largest absolute Gasteiger partial charge is 0.508 e. The van der Waals surface area contributed by atoms with Crippen LogP contribution in [0.1, 0.15) is 132 Å². The average molecular weight is 756 g/mol. The molecule has 294 valence electrons. The molecule has 1 saturated heterocycles. The first-order valence-corrected chi connectivity index (χ1v) is 20.4. The van der Waals surface area contributed by atoms with Gasteiger partial charge in [-0.2, -0.15) is 0 Å². The van der Waals surface area contributed by atoms with E-state index in [0.29, 0.717) is 36.6 Å². The molecule has 1 unspecified atom stereocenters. The number of piperidine rings is 1. The molecule has 2 aliphatic rings. The van der Waals surface area contributed by atoms with Gasteiger partial charge in [-0.15, -0.1) is 11.3 Å². The highest BCUT2D eigenvalue weighted by Crippen LogP contribution is 2.35. The van der Waals surface area contributed by atoms with Gasteiger partial charge >= 0.3 is 5.97 Å². The van der Waals surface area contributed by atoms with Crippen molar-refractivity contribution in [3.63, 3.8) is 0 Å². The highest BCUT2D eigenvalue weighted by atomic mass is 32.1. The maximum Gasteiger partial charge on any atom is 0.311 e. The monoisotopic (exact) mass is 755 g/mol. The Labute approximate surface area is 319 Å². The van der Waals surface area contributed by atoms with E-state index in [1.54, 1.807) is 11.4 Å². The number of rotatable bonds is 18. The number of amides is 3. The van der Waals surface area contributed by atoms with Crippen molar-refractivity contribution in [3.05, 3.63) is 45.4 Å². The van der Waals surface area contributed by atoms with Crippen LogP contribution in [0.5, 0.6) is 5.75 Å². The van der Waals surface area contributed by atoms with Gasteiger partial charge in [-0.1, -0.05) is 60.5 Å². The van der Waals surface area contributed by atoms with Crippen molar-refractivity contribution in [1.82, 2.24) is 25.4 Å². The quantitative estimate of drug-likeness (QED) is 0.145. The van der Waals surface area contributed by atoms with Gasteiger partial charge in [0.25, 0.3) is 5.91 Å². The summed E-state index contributed by atoms with van der Waals surface area (Å²) in [5.74, 6) is -2.39. The Kier molecular flexibility index (Phi) is 15.7. The van der Waals surface area contributed by atoms with Crippen LogP contribution in [0, 0.1) is 11.8 Å². The minimum Gasteiger partial charge on any atom is -0.508 e. The number of carboxylic acid groups (broad SMARTS) is 1. The third-order valence-electron chi connectivity index (χ3n) is 10.9. The Morgan fingerprint density at radius 1 is 1.11 bits per heavy atom. The number of ether oxygens (including phenoxy) is 1. The summed E-state index contributed by atoms with van der Waals surface area (Å²) in [6.07, 6.45) is 5.75. The summed E-state index contributed by atoms with van der Waals surface area (Å²) >= 11 is 1.34. The third kappa shape index (κ3) is 10.8. The van der Waals surface area contributed by atoms with Crippen LogP contribution < -0.4 is 10.6 Å². The smallest absolute Gasteiger partial charge is 0.311 e. The number of fused-ring (bicyclic) bond motifs is 1. The first-order chi connectivity index (χ1) is 25.3. The lowest BCUT2D eigenvalue weighted by molar-refractivity contribution is -0.143. The Morgan fingerprint density at radius 2 is 1.87 bits per heavy atom. The van der Waals surface area contributed by atoms with Crippen molar-refractivity contribution in [2.45, 2.75) is 136 Å². The number of carbonyl (C=O) groups is 4. The molecule has 0 saturated carbocycles. The van der Waals surface area contributed by atoms with Crippen LogP contribution in [-0.2, 0) is 25.5 Å². The highest BCUT2D eigenvalue weighted by molar-refractivity contribution is 7.09. The van der Waals surface area contributed by atoms with Crippen LogP contribution in [0.2, 0.25) is 0 Å². The number of aromatic hydroxyl groups is 1. The van der Waals surface area contributed by atoms with Crippen molar-refractivity contribution in [2.24, 2.45) is 11.8 Å². The predicted molar refractivity (Wildman–Crippen MR) is 206 cm³/mol. The van der Waals surface area contributed by atoms with Gasteiger partial charge in [-0.25, -0.2) is 4.98 Å². The van der Waals surface area contributed by atoms with Crippen LogP contribution in [0.4, 0.5) is 0 Å². The molecule has 2 heterocycles. The summed E-state index contributed by atoms with van der Waals surface area (Å²) in [7, 11) is 1.97. The van der Waals surface area contributed by atoms with E-state index < -0.39 is 36.0 Å². The lowest BCUT2D eigenvalue weighted by Gasteiger charge is -2.40. The van der Waals surface area contributed by atoms with E-state index in [4.69, 9.17) is 9.72 Å². The molecular weight excluding hydrogens is 695 g/mol. The second kappa shape index (κ2) is 19.7. The lowest BCUT2D eigenvalue weighted by atomic mass is 9.80. The Balaban J connectivity index is 1.54. The van der Waals surface area contributed by atoms with E-state index in [1.807, 2.05) is 32.7 Å². The van der Waals surface area contributed by atoms with E-state index in [-0.39, 0.29) is 53.6 Å². The van der Waals surface area contributed by atoms with Gasteiger partial charge in [0.05, 0.1) is 12.0 Å². The minimum absolute atomic E-state index is 0.0130. The zero-order valence-electron chi connectivity index (χ0n) is 32.6. The van der Waals surface area contributed by atoms with Gasteiger partial charge in [0, 0.05) is 37.0 Å². The molecule has 1 fully saturated rings. The molecule has 0 radical (unpaired) electrons. The molecule has 13 heteroatoms. The first kappa shape index (κ1) is 42.2. The third-order valence-corrected chi connectivity index (χ3v) is 11.8. The van der Waals surface area contributed by atoms with Crippen molar-refractivity contribution in [3.8, 4) is 5.75 Å². The van der Waals surface area contributed by atoms with Gasteiger partial charge in [0.2, 0.25) is 11.8 Å². The highest BCUT2D eigenvalue weighted by Gasteiger charge is 2.38. The van der Waals surface area contributed by atoms with Crippen LogP contribution in [0.3, 0.4) is 0 Å². The summed E-state index contributed by atoms with van der Waals surface area (Å²) in [6.45, 7) is 14.2. The Bertz CT molecular complexity index is 1550. The summed E-state index contributed by atoms with van der Waals surface area (Å²) in [4.78, 5) is 62.6. The van der Waals surface area contributed by atoms with Crippen molar-refractivity contribution in [1.29, 1.82) is 0 Å². The standard InChI is InChI=1S/C40H61N5O7S/c1-8-16-45(39(49)35(25(6)10-3)43-37(48)32-13-11-12-17-44(32)7)33(24(4)5)22-34(52-18-9-2)38-42-31(23-53-38)36(47)41-27-19-26-14-15-28(46)21-29(26)30(20-27)40(50)51/h14-15,21,23-25,27,30,32-35,46H,8-13,16-20,22H2,1-7H3,(H,41,47)(H,43,48)(H,50,51)/t25-,27-,30+,32+,33?,34+,35-/m0/s1. The minimum atomic E-state index is -1.01. The molecule has 3 amide bonds. The number of hydrogen-bond acceptors (Lipinski definition) is 9. The number of hydrogen-bond donors (Lipinski definition) is 4. The number of benzene rings is 1. The number of likely N-dealkylation sites (tertiary alicyclic amines) is 1. The maximum absolute atomic E-state index is 14.6. The number of phenolic OH excluding ortho intramolecular Hbond substituents is 1. The van der Waals surface area contributed by atoms with Crippen LogP contribution in [0.15, 0.2) is 23.6 Å². The molecule has 1 aliphatic heterocycles. The number of thiazole rings is 1. The van der Waals surface area contributed by atoms with Gasteiger partial charge in [0.1, 0.15) is 28.6 Å². The lowest BCUT2D eigenvalue weighted by Crippen LogP contribution is -2.58. The first-order valence-electron chi connectivity index (χ1n) is 19.5. The van der Waals surface area contributed by atoms with Gasteiger partial charge in [0.15, 0.2) is 0 Å². The number of aliphatic carboxylic acids is 1. The zero-order chi connectivity index (χ0) is 38.8. The zero-order valence-corrected chi connectivity index (χ0v) is 33.4. The van der Waals surface area contributed by atoms with Crippen LogP contribution in [-0.4, -0.2) is 99.6 Å². The molecule has 12 nitrogen and oxygen atoms in total. The fourth-order valence-electron chi connectivity index (χ4n) is 7.67. The normalized spacial score (nSPS) is 21.2. The molecule has 0 spiro atoms. The average Bonchev–Trinajstić information content (AvgIpc) is 3.63. The Hall–Kier alpha value is -3.55. The number of likely N-dealkylation sites (N-methyl/N-ethyl adjacent to an activating group) is 1. The van der Waals surface area contributed by atoms with E-state index in [1.165, 1.54) is 23.5 Å². The van der Waals surface area contributed by atoms with E-state index in [0.717, 1.165) is 50.6 Å². The maximum atomic E-state index is 14.6. The van der Waals surface area contributed by atoms with Gasteiger partial charge in [-0.3, -0.25) is 24.1 Å². The molecular formula is C40H61N5O7S. The van der Waals surface area contributed by atoms with E-state index in [9.17, 15) is 29.4 Å². The second-order valence-electron chi connectivity index (χ2n) is 15.3. The number of nitrogens with zero attached hydrogens (tertiary/aromatic N) is 3. The van der Waals surface area contributed by atoms with Crippen molar-refractivity contribution in [2.75, 3.05) is 26.7 Å². The fourth-order valence-corrected chi connectivity index (χ4v) is 8.53. The molecule has 4 rings (SSSR count). The molecule has 1 aromatic heterocycles. The number of aromatic nitrogens is 1. The number of carbonyl (C=O) groups excluding carboxylic acids is 3. The van der Waals surface area contributed by atoms with Gasteiger partial charge in [-0.05, 0) is 87.2 Å². The summed E-state index contributed by atoms with van der Waals surface area (Å²) in [5.41, 5.74) is 1.58. The summed E-state index contributed by atoms with van der Waals surface area (Å²) < 4.78 is 6.40. The Morgan fingerprint density at radius 3 is 2.51 bits per heavy atom. The number of carboxylic acids is 1. The molecule has 53 heavy (non-hydrogen) atoms. The van der Waals surface area contributed by atoms with E-state index in [2.05, 4.69) is 36.3 Å². The van der Waals surface area contributed by atoms with Gasteiger partial charge < -0.3 is 30.5 Å². The van der Waals surface area contributed by atoms with Crippen LogP contribution >= 0.6 is 11.3 Å². The predicted octanol–water partition coefficient (Wildman–Crippen LogP) is 5.90. The second-order valence-corrected chi connectivity index (χ2v) is 16.1. The molecule has 4 N–H and O–H groups in total. The summed E-state index contributed by atoms with van der Waals surface area (Å²) in [6, 6.07) is 3.19. The van der Waals surface area contributed by atoms with E-state index >= 15 is 0 Å². The molecule has 1 aliphatic carbocycles.